The number of nitrogens with zero attached hydrogens (tertiary/aromatic N) is 3. The first kappa shape index (κ1) is 21.1. The molecule has 8 heteroatoms. The van der Waals surface area contributed by atoms with Gasteiger partial charge in [-0.2, -0.15) is 0 Å². The molecule has 2 rings (SSSR count). The highest BCUT2D eigenvalue weighted by Crippen LogP contribution is 2.16. The Hall–Kier alpha value is -2.19. The van der Waals surface area contributed by atoms with Crippen LogP contribution in [0.15, 0.2) is 23.2 Å². The summed E-state index contributed by atoms with van der Waals surface area (Å²) >= 11 is 0. The van der Waals surface area contributed by atoms with Crippen LogP contribution in [-0.2, 0) is 14.3 Å². The van der Waals surface area contributed by atoms with E-state index in [-0.39, 0.29) is 5.91 Å². The van der Waals surface area contributed by atoms with Crippen molar-refractivity contribution in [3.63, 3.8) is 0 Å². The number of hydrogen-bond acceptors (Lipinski definition) is 5. The summed E-state index contributed by atoms with van der Waals surface area (Å²) in [4.78, 5) is 22.9. The maximum Gasteiger partial charge on any atom is 0.227 e. The van der Waals surface area contributed by atoms with Gasteiger partial charge in [-0.05, 0) is 25.5 Å². The summed E-state index contributed by atoms with van der Waals surface area (Å²) < 4.78 is 10.6. The quantitative estimate of drug-likeness (QED) is 0.383. The second-order valence-electron chi connectivity index (χ2n) is 6.60. The van der Waals surface area contributed by atoms with Crippen LogP contribution in [-0.4, -0.2) is 75.4 Å². The monoisotopic (exact) mass is 377 g/mol. The normalized spacial score (nSPS) is 17.2. The topological polar surface area (TPSA) is 88.1 Å². The minimum atomic E-state index is -0.0677. The summed E-state index contributed by atoms with van der Waals surface area (Å²) in [5.41, 5.74) is 0.876. The number of anilines is 1. The lowest BCUT2D eigenvalue weighted by molar-refractivity contribution is -0.116. The van der Waals surface area contributed by atoms with Gasteiger partial charge in [0.2, 0.25) is 5.91 Å². The Bertz CT molecular complexity index is 623. The molecule has 1 saturated heterocycles. The number of pyridine rings is 1. The lowest BCUT2D eigenvalue weighted by Crippen LogP contribution is -2.41. The fourth-order valence-electron chi connectivity index (χ4n) is 2.99. The van der Waals surface area contributed by atoms with Crippen molar-refractivity contribution < 1.29 is 14.3 Å². The van der Waals surface area contributed by atoms with E-state index >= 15 is 0 Å². The summed E-state index contributed by atoms with van der Waals surface area (Å²) in [6.07, 6.45) is 1.43. The van der Waals surface area contributed by atoms with Gasteiger partial charge in [-0.3, -0.25) is 9.79 Å². The predicted molar refractivity (Wildman–Crippen MR) is 106 cm³/mol. The molecule has 0 aromatic carbocycles. The second kappa shape index (κ2) is 11.5. The van der Waals surface area contributed by atoms with E-state index in [2.05, 4.69) is 25.5 Å². The summed E-state index contributed by atoms with van der Waals surface area (Å²) in [5, 5.41) is 6.08. The highest BCUT2D eigenvalue weighted by atomic mass is 16.5. The number of aryl methyl sites for hydroxylation is 1. The SMILES string of the molecule is CN=C(NCCC(=O)Nc1cccc(C)n1)N1CCC(COCCOC)C1. The van der Waals surface area contributed by atoms with Crippen LogP contribution in [0.25, 0.3) is 0 Å². The first-order valence-electron chi connectivity index (χ1n) is 9.38. The summed E-state index contributed by atoms with van der Waals surface area (Å²) in [6, 6.07) is 5.56. The number of aromatic nitrogens is 1. The molecule has 150 valence electrons. The van der Waals surface area contributed by atoms with Crippen LogP contribution in [0, 0.1) is 12.8 Å². The highest BCUT2D eigenvalue weighted by Gasteiger charge is 2.24. The zero-order chi connectivity index (χ0) is 19.5. The molecule has 0 radical (unpaired) electrons. The molecule has 1 aliphatic rings. The van der Waals surface area contributed by atoms with E-state index in [0.717, 1.165) is 37.8 Å². The van der Waals surface area contributed by atoms with Crippen molar-refractivity contribution in [1.29, 1.82) is 0 Å². The number of rotatable bonds is 9. The number of likely N-dealkylation sites (tertiary alicyclic amines) is 1. The van der Waals surface area contributed by atoms with E-state index in [1.165, 1.54) is 0 Å². The number of carbonyl (C=O) groups is 1. The van der Waals surface area contributed by atoms with E-state index in [4.69, 9.17) is 9.47 Å². The number of nitrogens with one attached hydrogen (secondary N) is 2. The molecule has 1 atom stereocenters. The Kier molecular flexibility index (Phi) is 9.00. The van der Waals surface area contributed by atoms with Crippen molar-refractivity contribution in [1.82, 2.24) is 15.2 Å². The van der Waals surface area contributed by atoms with E-state index in [9.17, 15) is 4.79 Å². The first-order valence-corrected chi connectivity index (χ1v) is 9.38. The number of hydrogen-bond donors (Lipinski definition) is 2. The highest BCUT2D eigenvalue weighted by molar-refractivity contribution is 5.90. The maximum absolute atomic E-state index is 12.1. The van der Waals surface area contributed by atoms with Gasteiger partial charge in [-0.1, -0.05) is 6.07 Å². The number of methoxy groups -OCH3 is 1. The third-order valence-electron chi connectivity index (χ3n) is 4.37. The Labute approximate surface area is 161 Å². The van der Waals surface area contributed by atoms with Crippen molar-refractivity contribution >= 4 is 17.7 Å². The molecule has 1 unspecified atom stereocenters. The first-order chi connectivity index (χ1) is 13.1. The average molecular weight is 377 g/mol. The Morgan fingerprint density at radius 3 is 3.00 bits per heavy atom. The Balaban J connectivity index is 1.67. The van der Waals surface area contributed by atoms with Gasteiger partial charge in [0.05, 0.1) is 19.8 Å². The number of aliphatic imine (C=N–C) groups is 1. The predicted octanol–water partition coefficient (Wildman–Crippen LogP) is 1.28. The molecular weight excluding hydrogens is 346 g/mol. The van der Waals surface area contributed by atoms with Gasteiger partial charge >= 0.3 is 0 Å². The number of amides is 1. The summed E-state index contributed by atoms with van der Waals surface area (Å²) in [6.45, 7) is 6.26. The molecule has 1 aromatic heterocycles. The zero-order valence-corrected chi connectivity index (χ0v) is 16.5. The summed E-state index contributed by atoms with van der Waals surface area (Å²) in [7, 11) is 3.44. The van der Waals surface area contributed by atoms with Crippen LogP contribution in [0.5, 0.6) is 0 Å². The van der Waals surface area contributed by atoms with Crippen molar-refractivity contribution in [2.45, 2.75) is 19.8 Å². The van der Waals surface area contributed by atoms with E-state index in [1.54, 1.807) is 20.2 Å². The molecule has 0 bridgehead atoms. The van der Waals surface area contributed by atoms with Crippen LogP contribution in [0.2, 0.25) is 0 Å². The zero-order valence-electron chi connectivity index (χ0n) is 16.5. The van der Waals surface area contributed by atoms with Gasteiger partial charge in [0.15, 0.2) is 5.96 Å². The largest absolute Gasteiger partial charge is 0.382 e. The van der Waals surface area contributed by atoms with Crippen molar-refractivity contribution in [3.8, 4) is 0 Å². The molecule has 2 heterocycles. The minimum absolute atomic E-state index is 0.0677. The van der Waals surface area contributed by atoms with Crippen LogP contribution in [0.1, 0.15) is 18.5 Å². The van der Waals surface area contributed by atoms with Crippen LogP contribution < -0.4 is 10.6 Å². The molecule has 8 nitrogen and oxygen atoms in total. The fourth-order valence-corrected chi connectivity index (χ4v) is 2.99. The van der Waals surface area contributed by atoms with Crippen LogP contribution in [0.4, 0.5) is 5.82 Å². The van der Waals surface area contributed by atoms with Gasteiger partial charge in [-0.25, -0.2) is 4.98 Å². The molecule has 0 saturated carbocycles. The molecule has 27 heavy (non-hydrogen) atoms. The number of ether oxygens (including phenoxy) is 2. The van der Waals surface area contributed by atoms with Crippen molar-refractivity contribution in [2.24, 2.45) is 10.9 Å². The molecule has 1 aromatic rings. The lowest BCUT2D eigenvalue weighted by atomic mass is 10.1. The van der Waals surface area contributed by atoms with Gasteiger partial charge in [-0.15, -0.1) is 0 Å². The maximum atomic E-state index is 12.1. The van der Waals surface area contributed by atoms with Gasteiger partial charge < -0.3 is 25.0 Å². The summed E-state index contributed by atoms with van der Waals surface area (Å²) in [5.74, 6) is 1.84. The van der Waals surface area contributed by atoms with Gasteiger partial charge in [0.25, 0.3) is 0 Å². The third kappa shape index (κ3) is 7.52. The van der Waals surface area contributed by atoms with Crippen molar-refractivity contribution in [3.05, 3.63) is 23.9 Å². The lowest BCUT2D eigenvalue weighted by Gasteiger charge is -2.21. The van der Waals surface area contributed by atoms with E-state index in [0.29, 0.717) is 37.9 Å². The van der Waals surface area contributed by atoms with Gasteiger partial charge in [0, 0.05) is 51.8 Å². The second-order valence-corrected chi connectivity index (χ2v) is 6.60. The van der Waals surface area contributed by atoms with Crippen molar-refractivity contribution in [2.75, 3.05) is 58.9 Å². The Morgan fingerprint density at radius 2 is 2.26 bits per heavy atom. The molecule has 1 aliphatic heterocycles. The average Bonchev–Trinajstić information content (AvgIpc) is 3.11. The molecule has 0 spiro atoms. The molecule has 2 N–H and O–H groups in total. The molecule has 0 aliphatic carbocycles. The minimum Gasteiger partial charge on any atom is -0.382 e. The number of carbonyl (C=O) groups excluding carboxylic acids is 1. The molecule has 1 amide bonds. The van der Waals surface area contributed by atoms with Crippen LogP contribution in [0.3, 0.4) is 0 Å². The van der Waals surface area contributed by atoms with Crippen LogP contribution >= 0.6 is 0 Å². The Morgan fingerprint density at radius 1 is 1.41 bits per heavy atom. The standard InChI is InChI=1S/C19H31N5O3/c1-15-5-4-6-17(22-15)23-18(25)7-9-21-19(20-2)24-10-8-16(13-24)14-27-12-11-26-3/h4-6,16H,7-14H2,1-3H3,(H,20,21)(H,22,23,25). The van der Waals surface area contributed by atoms with Gasteiger partial charge in [0.1, 0.15) is 5.82 Å². The number of guanidine groups is 1. The van der Waals surface area contributed by atoms with E-state index < -0.39 is 0 Å². The fraction of sp³-hybridized carbons (Fsp3) is 0.632. The molecular formula is C19H31N5O3. The third-order valence-corrected chi connectivity index (χ3v) is 4.37. The smallest absolute Gasteiger partial charge is 0.227 e. The van der Waals surface area contributed by atoms with E-state index in [1.807, 2.05) is 19.1 Å². The molecule has 1 fully saturated rings.